The van der Waals surface area contributed by atoms with Gasteiger partial charge in [0.2, 0.25) is 0 Å². The molecule has 1 aliphatic rings. The number of rotatable bonds is 3. The maximum atomic E-state index is 12.8. The average Bonchev–Trinajstić information content (AvgIpc) is 2.73. The molecule has 0 aromatic heterocycles. The summed E-state index contributed by atoms with van der Waals surface area (Å²) in [5.41, 5.74) is 1.68. The highest BCUT2D eigenvalue weighted by Gasteiger charge is 2.49. The molecule has 1 aliphatic carbocycles. The molecule has 0 atom stereocenters. The van der Waals surface area contributed by atoms with Crippen molar-refractivity contribution < 1.29 is 29.2 Å². The Balaban J connectivity index is 1.80. The number of carbonyl (C=O) groups is 2. The molecular formula is C22H16O6. The lowest BCUT2D eigenvalue weighted by molar-refractivity contribution is -0.382. The van der Waals surface area contributed by atoms with E-state index in [9.17, 15) is 14.8 Å². The first-order valence-electron chi connectivity index (χ1n) is 8.59. The number of ketones is 1. The van der Waals surface area contributed by atoms with Gasteiger partial charge in [-0.3, -0.25) is 4.79 Å². The summed E-state index contributed by atoms with van der Waals surface area (Å²) in [6.07, 6.45) is -1.08. The molecule has 28 heavy (non-hydrogen) atoms. The highest BCUT2D eigenvalue weighted by molar-refractivity contribution is 6.13. The molecule has 0 spiro atoms. The Kier molecular flexibility index (Phi) is 4.43. The van der Waals surface area contributed by atoms with Gasteiger partial charge in [-0.2, -0.15) is 4.89 Å². The van der Waals surface area contributed by atoms with Crippen LogP contribution in [0.4, 0.5) is 4.79 Å². The minimum atomic E-state index is -2.03. The summed E-state index contributed by atoms with van der Waals surface area (Å²) < 4.78 is 10.8. The average molecular weight is 376 g/mol. The number of hydrogen-bond donors (Lipinski definition) is 1. The van der Waals surface area contributed by atoms with Crippen LogP contribution in [0.3, 0.4) is 0 Å². The number of carbonyl (C=O) groups excluding carboxylic acids is 2. The molecule has 0 fully saturated rings. The van der Waals surface area contributed by atoms with E-state index in [1.54, 1.807) is 73.7 Å². The molecule has 1 N–H and O–H groups in total. The molecule has 3 aromatic rings. The molecule has 6 nitrogen and oxygen atoms in total. The summed E-state index contributed by atoms with van der Waals surface area (Å²) in [5.74, 6) is -1.97. The summed E-state index contributed by atoms with van der Waals surface area (Å²) >= 11 is 0. The van der Waals surface area contributed by atoms with Crippen LogP contribution in [0.2, 0.25) is 0 Å². The summed E-state index contributed by atoms with van der Waals surface area (Å²) in [4.78, 5) is 30.1. The van der Waals surface area contributed by atoms with E-state index in [4.69, 9.17) is 14.4 Å². The second-order valence-electron chi connectivity index (χ2n) is 6.35. The predicted molar refractivity (Wildman–Crippen MR) is 99.1 cm³/mol. The van der Waals surface area contributed by atoms with Crippen LogP contribution in [0, 0.1) is 6.92 Å². The van der Waals surface area contributed by atoms with Crippen molar-refractivity contribution in [3.05, 3.63) is 101 Å². The quantitative estimate of drug-likeness (QED) is 0.239. The SMILES string of the molecule is Cc1ccccc1OC(=O)OC1(OO)c2ccccc2C(=O)c2ccccc21. The van der Waals surface area contributed by atoms with Crippen molar-refractivity contribution in [1.82, 2.24) is 0 Å². The van der Waals surface area contributed by atoms with Gasteiger partial charge in [0.05, 0.1) is 0 Å². The first-order chi connectivity index (χ1) is 13.6. The maximum Gasteiger partial charge on any atom is 0.517 e. The van der Waals surface area contributed by atoms with Crippen LogP contribution in [0.1, 0.15) is 32.6 Å². The van der Waals surface area contributed by atoms with Crippen LogP contribution in [-0.4, -0.2) is 17.2 Å². The van der Waals surface area contributed by atoms with Gasteiger partial charge in [0.25, 0.3) is 0 Å². The van der Waals surface area contributed by atoms with Crippen molar-refractivity contribution in [3.8, 4) is 5.75 Å². The molecule has 0 amide bonds. The third-order valence-corrected chi connectivity index (χ3v) is 4.70. The van der Waals surface area contributed by atoms with Crippen molar-refractivity contribution in [2.24, 2.45) is 0 Å². The van der Waals surface area contributed by atoms with Crippen molar-refractivity contribution in [2.45, 2.75) is 12.7 Å². The molecule has 0 saturated heterocycles. The molecule has 3 aromatic carbocycles. The zero-order valence-corrected chi connectivity index (χ0v) is 14.9. The van der Waals surface area contributed by atoms with Gasteiger partial charge >= 0.3 is 11.9 Å². The van der Waals surface area contributed by atoms with E-state index in [0.717, 1.165) is 5.56 Å². The Labute approximate surface area is 160 Å². The first-order valence-corrected chi connectivity index (χ1v) is 8.59. The van der Waals surface area contributed by atoms with E-state index in [1.807, 2.05) is 6.07 Å². The van der Waals surface area contributed by atoms with E-state index in [1.165, 1.54) is 0 Å². The molecule has 0 unspecified atom stereocenters. The van der Waals surface area contributed by atoms with Crippen LogP contribution >= 0.6 is 0 Å². The van der Waals surface area contributed by atoms with Gasteiger partial charge in [-0.25, -0.2) is 10.1 Å². The Morgan fingerprint density at radius 2 is 1.39 bits per heavy atom. The van der Waals surface area contributed by atoms with Crippen molar-refractivity contribution >= 4 is 11.9 Å². The molecule has 0 heterocycles. The van der Waals surface area contributed by atoms with Gasteiger partial charge in [0, 0.05) is 22.3 Å². The van der Waals surface area contributed by atoms with E-state index in [0.29, 0.717) is 5.75 Å². The van der Waals surface area contributed by atoms with E-state index in [-0.39, 0.29) is 28.0 Å². The smallest absolute Gasteiger partial charge is 0.395 e. The fourth-order valence-corrected chi connectivity index (χ4v) is 3.35. The Bertz CT molecular complexity index is 1020. The zero-order chi connectivity index (χ0) is 19.7. The van der Waals surface area contributed by atoms with Gasteiger partial charge in [-0.15, -0.1) is 0 Å². The Morgan fingerprint density at radius 3 is 1.96 bits per heavy atom. The zero-order valence-electron chi connectivity index (χ0n) is 14.9. The monoisotopic (exact) mass is 376 g/mol. The minimum Gasteiger partial charge on any atom is -0.395 e. The van der Waals surface area contributed by atoms with Crippen LogP contribution in [0.5, 0.6) is 5.75 Å². The summed E-state index contributed by atoms with van der Waals surface area (Å²) in [6, 6.07) is 19.9. The number of aryl methyl sites for hydroxylation is 1. The second kappa shape index (κ2) is 6.92. The number of benzene rings is 3. The van der Waals surface area contributed by atoms with E-state index >= 15 is 0 Å². The van der Waals surface area contributed by atoms with Gasteiger partial charge in [-0.1, -0.05) is 66.7 Å². The van der Waals surface area contributed by atoms with Gasteiger partial charge < -0.3 is 9.47 Å². The van der Waals surface area contributed by atoms with Crippen molar-refractivity contribution in [2.75, 3.05) is 0 Å². The summed E-state index contributed by atoms with van der Waals surface area (Å²) in [6.45, 7) is 1.78. The Hall–Kier alpha value is -3.48. The van der Waals surface area contributed by atoms with Gasteiger partial charge in [0.1, 0.15) is 5.75 Å². The molecule has 0 bridgehead atoms. The first kappa shape index (κ1) is 17.9. The van der Waals surface area contributed by atoms with Crippen LogP contribution in [0.25, 0.3) is 0 Å². The number of para-hydroxylation sites is 1. The van der Waals surface area contributed by atoms with Crippen LogP contribution in [0.15, 0.2) is 72.8 Å². The lowest BCUT2D eigenvalue weighted by Gasteiger charge is -2.35. The van der Waals surface area contributed by atoms with Crippen LogP contribution < -0.4 is 4.74 Å². The fraction of sp³-hybridized carbons (Fsp3) is 0.0909. The van der Waals surface area contributed by atoms with Crippen LogP contribution in [-0.2, 0) is 15.4 Å². The van der Waals surface area contributed by atoms with Gasteiger partial charge in [-0.05, 0) is 18.6 Å². The van der Waals surface area contributed by atoms with Crippen molar-refractivity contribution in [3.63, 3.8) is 0 Å². The lowest BCUT2D eigenvalue weighted by Crippen LogP contribution is -2.42. The van der Waals surface area contributed by atoms with E-state index < -0.39 is 11.9 Å². The van der Waals surface area contributed by atoms with E-state index in [2.05, 4.69) is 0 Å². The molecular weight excluding hydrogens is 360 g/mol. The maximum absolute atomic E-state index is 12.8. The largest absolute Gasteiger partial charge is 0.517 e. The van der Waals surface area contributed by atoms with Crippen molar-refractivity contribution in [1.29, 1.82) is 0 Å². The third kappa shape index (κ3) is 2.76. The molecule has 4 rings (SSSR count). The number of fused-ring (bicyclic) bond motifs is 2. The highest BCUT2D eigenvalue weighted by Crippen LogP contribution is 2.43. The lowest BCUT2D eigenvalue weighted by atomic mass is 9.80. The topological polar surface area (TPSA) is 82.1 Å². The third-order valence-electron chi connectivity index (χ3n) is 4.70. The molecule has 0 aliphatic heterocycles. The highest BCUT2D eigenvalue weighted by atomic mass is 17.2. The summed E-state index contributed by atoms with van der Waals surface area (Å²) in [5, 5.41) is 9.85. The van der Waals surface area contributed by atoms with Gasteiger partial charge in [0.15, 0.2) is 5.78 Å². The number of ether oxygens (including phenoxy) is 2. The fourth-order valence-electron chi connectivity index (χ4n) is 3.35. The number of hydrogen-bond acceptors (Lipinski definition) is 6. The summed E-state index contributed by atoms with van der Waals surface area (Å²) in [7, 11) is 0. The Morgan fingerprint density at radius 1 is 0.857 bits per heavy atom. The molecule has 0 radical (unpaired) electrons. The molecule has 140 valence electrons. The predicted octanol–water partition coefficient (Wildman–Crippen LogP) is 4.45. The second-order valence-corrected chi connectivity index (χ2v) is 6.35. The standard InChI is InChI=1S/C22H16O6/c1-14-8-2-7-13-19(14)26-21(24)27-22(28-25)17-11-5-3-9-15(17)20(23)16-10-4-6-12-18(16)22/h2-13,25H,1H3. The molecule has 0 saturated carbocycles. The molecule has 6 heteroatoms. The normalized spacial score (nSPS) is 14.0. The minimum absolute atomic E-state index is 0.211.